The summed E-state index contributed by atoms with van der Waals surface area (Å²) in [6, 6.07) is 15.0. The highest BCUT2D eigenvalue weighted by molar-refractivity contribution is 6.02. The summed E-state index contributed by atoms with van der Waals surface area (Å²) in [6.45, 7) is 5.88. The van der Waals surface area contributed by atoms with E-state index in [4.69, 9.17) is 14.3 Å². The van der Waals surface area contributed by atoms with Crippen LogP contribution in [0.1, 0.15) is 57.1 Å². The van der Waals surface area contributed by atoms with Crippen LogP contribution in [0.25, 0.3) is 11.1 Å². The molecule has 37 heavy (non-hydrogen) atoms. The molecule has 2 aromatic rings. The second-order valence-corrected chi connectivity index (χ2v) is 10.6. The lowest BCUT2D eigenvalue weighted by atomic mass is 9.98. The minimum Gasteiger partial charge on any atom is -0.448 e. The Labute approximate surface area is 215 Å². The minimum absolute atomic E-state index is 0.0113. The predicted octanol–water partition coefficient (Wildman–Crippen LogP) is 3.80. The Hall–Kier alpha value is -3.72. The average Bonchev–Trinajstić information content (AvgIpc) is 3.51. The first kappa shape index (κ1) is 25.0. The number of carbonyl (C=O) groups is 4. The molecule has 2 atom stereocenters. The van der Waals surface area contributed by atoms with Gasteiger partial charge in [0.05, 0.1) is 18.2 Å². The van der Waals surface area contributed by atoms with Crippen LogP contribution in [0.4, 0.5) is 4.79 Å². The molecule has 9 heteroatoms. The number of hydroxylamine groups is 2. The fourth-order valence-corrected chi connectivity index (χ4v) is 5.29. The van der Waals surface area contributed by atoms with Crippen LogP contribution in [0.3, 0.4) is 0 Å². The summed E-state index contributed by atoms with van der Waals surface area (Å²) >= 11 is 0. The van der Waals surface area contributed by atoms with Gasteiger partial charge in [0.1, 0.15) is 12.6 Å². The zero-order chi connectivity index (χ0) is 26.3. The number of carbonyl (C=O) groups excluding carboxylic acids is 4. The molecule has 0 bridgehead atoms. The van der Waals surface area contributed by atoms with E-state index in [1.54, 1.807) is 0 Å². The molecule has 0 saturated carbocycles. The number of amides is 3. The van der Waals surface area contributed by atoms with Crippen molar-refractivity contribution in [2.45, 2.75) is 63.7 Å². The molecule has 9 nitrogen and oxygen atoms in total. The van der Waals surface area contributed by atoms with Crippen molar-refractivity contribution in [3.63, 3.8) is 0 Å². The molecule has 0 radical (unpaired) electrons. The maximum Gasteiger partial charge on any atom is 0.410 e. The van der Waals surface area contributed by atoms with E-state index in [1.165, 1.54) is 4.90 Å². The average molecular weight is 507 g/mol. The fourth-order valence-electron chi connectivity index (χ4n) is 5.29. The topological polar surface area (TPSA) is 102 Å². The van der Waals surface area contributed by atoms with Crippen LogP contribution in [-0.4, -0.2) is 64.7 Å². The summed E-state index contributed by atoms with van der Waals surface area (Å²) in [7, 11) is 0. The molecule has 3 aliphatic rings. The van der Waals surface area contributed by atoms with Gasteiger partial charge in [-0.25, -0.2) is 9.59 Å². The van der Waals surface area contributed by atoms with Crippen LogP contribution < -0.4 is 0 Å². The first-order valence-corrected chi connectivity index (χ1v) is 12.5. The normalized spacial score (nSPS) is 21.3. The third-order valence-electron chi connectivity index (χ3n) is 6.81. The van der Waals surface area contributed by atoms with Crippen molar-refractivity contribution < 1.29 is 33.5 Å². The number of imide groups is 1. The summed E-state index contributed by atoms with van der Waals surface area (Å²) < 4.78 is 11.8. The van der Waals surface area contributed by atoms with Crippen molar-refractivity contribution in [1.82, 2.24) is 9.96 Å². The monoisotopic (exact) mass is 506 g/mol. The van der Waals surface area contributed by atoms with E-state index >= 15 is 0 Å². The first-order chi connectivity index (χ1) is 17.6. The number of hydrogen-bond acceptors (Lipinski definition) is 7. The smallest absolute Gasteiger partial charge is 0.410 e. The molecule has 2 aromatic carbocycles. The molecule has 194 valence electrons. The highest BCUT2D eigenvalue weighted by Crippen LogP contribution is 2.44. The summed E-state index contributed by atoms with van der Waals surface area (Å²) in [5.74, 6) is -2.15. The molecule has 5 rings (SSSR count). The Balaban J connectivity index is 1.32. The standard InChI is InChI=1S/C28H30N2O7/c1-28(2,3)36-17-14-23(26(33)37-30-24(31)12-13-25(30)32)29(15-17)27(34)35-16-22-20-10-6-4-8-18(20)19-9-5-7-11-21(19)22/h4-11,17,22-23H,12-16H2,1-3H3/t17-,23+/m1/s1. The molecule has 3 amide bonds. The Morgan fingerprint density at radius 3 is 2.05 bits per heavy atom. The molecule has 2 heterocycles. The van der Waals surface area contributed by atoms with Gasteiger partial charge in [0.25, 0.3) is 11.8 Å². The fraction of sp³-hybridized carbons (Fsp3) is 0.429. The van der Waals surface area contributed by atoms with Crippen molar-refractivity contribution in [1.29, 1.82) is 0 Å². The van der Waals surface area contributed by atoms with Crippen molar-refractivity contribution in [3.05, 3.63) is 59.7 Å². The van der Waals surface area contributed by atoms with Gasteiger partial charge in [0.15, 0.2) is 0 Å². The quantitative estimate of drug-likeness (QED) is 0.569. The highest BCUT2D eigenvalue weighted by Gasteiger charge is 2.46. The predicted molar refractivity (Wildman–Crippen MR) is 132 cm³/mol. The SMILES string of the molecule is CC(C)(C)O[C@@H]1C[C@@H](C(=O)ON2C(=O)CCC2=O)N(C(=O)OCC2c3ccccc3-c3ccccc32)C1. The van der Waals surface area contributed by atoms with Crippen LogP contribution >= 0.6 is 0 Å². The van der Waals surface area contributed by atoms with Crippen molar-refractivity contribution in [2.75, 3.05) is 13.2 Å². The Morgan fingerprint density at radius 1 is 0.919 bits per heavy atom. The number of hydrogen-bond donors (Lipinski definition) is 0. The van der Waals surface area contributed by atoms with Gasteiger partial charge in [-0.2, -0.15) is 0 Å². The van der Waals surface area contributed by atoms with Crippen molar-refractivity contribution in [3.8, 4) is 11.1 Å². The van der Waals surface area contributed by atoms with E-state index in [2.05, 4.69) is 12.1 Å². The number of fused-ring (bicyclic) bond motifs is 3. The van der Waals surface area contributed by atoms with Crippen LogP contribution in [0.15, 0.2) is 48.5 Å². The molecule has 0 unspecified atom stereocenters. The van der Waals surface area contributed by atoms with Crippen LogP contribution in [-0.2, 0) is 28.7 Å². The first-order valence-electron chi connectivity index (χ1n) is 12.5. The summed E-state index contributed by atoms with van der Waals surface area (Å²) in [4.78, 5) is 56.7. The summed E-state index contributed by atoms with van der Waals surface area (Å²) in [6.07, 6.45) is -0.979. The van der Waals surface area contributed by atoms with Gasteiger partial charge in [0, 0.05) is 25.2 Å². The van der Waals surface area contributed by atoms with E-state index in [9.17, 15) is 19.2 Å². The Morgan fingerprint density at radius 2 is 1.49 bits per heavy atom. The van der Waals surface area contributed by atoms with E-state index in [-0.39, 0.29) is 38.3 Å². The Bertz CT molecular complexity index is 1190. The summed E-state index contributed by atoms with van der Waals surface area (Å²) in [5, 5.41) is 0.496. The van der Waals surface area contributed by atoms with E-state index < -0.39 is 41.6 Å². The second kappa shape index (κ2) is 9.63. The minimum atomic E-state index is -1.05. The number of benzene rings is 2. The molecular formula is C28H30N2O7. The molecule has 0 N–H and O–H groups in total. The maximum atomic E-state index is 13.3. The lowest BCUT2D eigenvalue weighted by molar-refractivity contribution is -0.200. The molecule has 2 fully saturated rings. The lowest BCUT2D eigenvalue weighted by Crippen LogP contribution is -2.45. The molecular weight excluding hydrogens is 476 g/mol. The van der Waals surface area contributed by atoms with E-state index in [0.29, 0.717) is 5.06 Å². The largest absolute Gasteiger partial charge is 0.448 e. The zero-order valence-corrected chi connectivity index (χ0v) is 21.1. The highest BCUT2D eigenvalue weighted by atomic mass is 16.7. The summed E-state index contributed by atoms with van der Waals surface area (Å²) in [5.41, 5.74) is 3.88. The van der Waals surface area contributed by atoms with Gasteiger partial charge >= 0.3 is 12.1 Å². The number of ether oxygens (including phenoxy) is 2. The van der Waals surface area contributed by atoms with Crippen LogP contribution in [0.2, 0.25) is 0 Å². The lowest BCUT2D eigenvalue weighted by Gasteiger charge is -2.25. The van der Waals surface area contributed by atoms with Crippen LogP contribution in [0.5, 0.6) is 0 Å². The van der Waals surface area contributed by atoms with Gasteiger partial charge in [0.2, 0.25) is 0 Å². The third-order valence-corrected chi connectivity index (χ3v) is 6.81. The number of likely N-dealkylation sites (tertiary alicyclic amines) is 1. The second-order valence-electron chi connectivity index (χ2n) is 10.6. The van der Waals surface area contributed by atoms with Gasteiger partial charge in [-0.1, -0.05) is 48.5 Å². The molecule has 0 spiro atoms. The van der Waals surface area contributed by atoms with Crippen molar-refractivity contribution in [2.24, 2.45) is 0 Å². The number of rotatable bonds is 5. The van der Waals surface area contributed by atoms with Gasteiger partial charge in [-0.15, -0.1) is 5.06 Å². The van der Waals surface area contributed by atoms with E-state index in [1.807, 2.05) is 57.2 Å². The van der Waals surface area contributed by atoms with Crippen LogP contribution in [0, 0.1) is 0 Å². The molecule has 1 aliphatic carbocycles. The number of nitrogens with zero attached hydrogens (tertiary/aromatic N) is 2. The molecule has 2 aliphatic heterocycles. The molecule has 2 saturated heterocycles. The third kappa shape index (κ3) is 4.96. The van der Waals surface area contributed by atoms with Gasteiger partial charge in [-0.3, -0.25) is 14.5 Å². The van der Waals surface area contributed by atoms with Crippen molar-refractivity contribution >= 4 is 23.9 Å². The molecule has 0 aromatic heterocycles. The Kier molecular flexibility index (Phi) is 6.49. The maximum absolute atomic E-state index is 13.3. The van der Waals surface area contributed by atoms with Gasteiger partial charge < -0.3 is 14.3 Å². The van der Waals surface area contributed by atoms with E-state index in [0.717, 1.165) is 22.3 Å². The zero-order valence-electron chi connectivity index (χ0n) is 21.1. The van der Waals surface area contributed by atoms with Gasteiger partial charge in [-0.05, 0) is 43.0 Å².